The third-order valence-corrected chi connectivity index (χ3v) is 4.13. The van der Waals surface area contributed by atoms with E-state index in [0.29, 0.717) is 6.54 Å². The molecule has 1 unspecified atom stereocenters. The van der Waals surface area contributed by atoms with Crippen LogP contribution in [0.2, 0.25) is 0 Å². The summed E-state index contributed by atoms with van der Waals surface area (Å²) in [5.41, 5.74) is 2.03. The number of nitrogens with zero attached hydrogens (tertiary/aromatic N) is 1. The molecule has 2 rings (SSSR count). The highest BCUT2D eigenvalue weighted by molar-refractivity contribution is 5.80. The van der Waals surface area contributed by atoms with E-state index in [-0.39, 0.29) is 30.4 Å². The largest absolute Gasteiger partial charge is 0.483 e. The van der Waals surface area contributed by atoms with E-state index in [1.807, 2.05) is 32.0 Å². The lowest BCUT2D eigenvalue weighted by atomic mass is 10.1. The van der Waals surface area contributed by atoms with Gasteiger partial charge in [-0.1, -0.05) is 25.1 Å². The van der Waals surface area contributed by atoms with Crippen LogP contribution in [0.15, 0.2) is 18.2 Å². The minimum atomic E-state index is -0.329. The SMILES string of the molecule is COC(=O)C(C)CN(C(=O)COc1c(C)cccc1C)C1CC1. The summed E-state index contributed by atoms with van der Waals surface area (Å²) >= 11 is 0. The molecule has 0 bridgehead atoms. The highest BCUT2D eigenvalue weighted by Crippen LogP contribution is 2.28. The number of benzene rings is 1. The summed E-state index contributed by atoms with van der Waals surface area (Å²) in [7, 11) is 1.37. The molecule has 126 valence electrons. The summed E-state index contributed by atoms with van der Waals surface area (Å²) < 4.78 is 10.5. The second kappa shape index (κ2) is 7.49. The minimum absolute atomic E-state index is 0.00388. The van der Waals surface area contributed by atoms with Crippen LogP contribution in [0.5, 0.6) is 5.75 Å². The Labute approximate surface area is 137 Å². The monoisotopic (exact) mass is 319 g/mol. The van der Waals surface area contributed by atoms with Crippen molar-refractivity contribution in [3.63, 3.8) is 0 Å². The lowest BCUT2D eigenvalue weighted by Crippen LogP contribution is -2.41. The van der Waals surface area contributed by atoms with Gasteiger partial charge in [-0.05, 0) is 37.8 Å². The number of amides is 1. The van der Waals surface area contributed by atoms with Crippen LogP contribution >= 0.6 is 0 Å². The van der Waals surface area contributed by atoms with Crippen molar-refractivity contribution in [3.05, 3.63) is 29.3 Å². The number of hydrogen-bond donors (Lipinski definition) is 0. The van der Waals surface area contributed by atoms with Gasteiger partial charge in [-0.2, -0.15) is 0 Å². The van der Waals surface area contributed by atoms with Crippen LogP contribution in [0.3, 0.4) is 0 Å². The fourth-order valence-corrected chi connectivity index (χ4v) is 2.66. The average Bonchev–Trinajstić information content (AvgIpc) is 3.35. The molecule has 0 N–H and O–H groups in total. The van der Waals surface area contributed by atoms with Crippen LogP contribution in [0.4, 0.5) is 0 Å². The molecule has 1 fully saturated rings. The fourth-order valence-electron chi connectivity index (χ4n) is 2.66. The Hall–Kier alpha value is -2.04. The first-order valence-corrected chi connectivity index (χ1v) is 8.00. The van der Waals surface area contributed by atoms with Gasteiger partial charge in [0.05, 0.1) is 13.0 Å². The Morgan fingerprint density at radius 1 is 1.26 bits per heavy atom. The Morgan fingerprint density at radius 2 is 1.87 bits per heavy atom. The van der Waals surface area contributed by atoms with Crippen molar-refractivity contribution in [2.45, 2.75) is 39.7 Å². The van der Waals surface area contributed by atoms with E-state index in [2.05, 4.69) is 0 Å². The van der Waals surface area contributed by atoms with Crippen molar-refractivity contribution in [1.82, 2.24) is 4.90 Å². The molecule has 5 heteroatoms. The molecule has 1 aliphatic rings. The van der Waals surface area contributed by atoms with Gasteiger partial charge in [-0.3, -0.25) is 9.59 Å². The number of ether oxygens (including phenoxy) is 2. The minimum Gasteiger partial charge on any atom is -0.483 e. The first kappa shape index (κ1) is 17.3. The topological polar surface area (TPSA) is 55.8 Å². The zero-order valence-electron chi connectivity index (χ0n) is 14.3. The number of rotatable bonds is 7. The Kier molecular flexibility index (Phi) is 5.64. The van der Waals surface area contributed by atoms with Gasteiger partial charge in [0.2, 0.25) is 0 Å². The number of hydrogen-bond acceptors (Lipinski definition) is 4. The zero-order valence-corrected chi connectivity index (χ0v) is 14.3. The van der Waals surface area contributed by atoms with E-state index >= 15 is 0 Å². The van der Waals surface area contributed by atoms with Gasteiger partial charge in [-0.25, -0.2) is 0 Å². The second-order valence-electron chi connectivity index (χ2n) is 6.21. The first-order valence-electron chi connectivity index (χ1n) is 8.00. The van der Waals surface area contributed by atoms with Crippen molar-refractivity contribution < 1.29 is 19.1 Å². The summed E-state index contributed by atoms with van der Waals surface area (Å²) in [6, 6.07) is 6.12. The predicted octanol–water partition coefficient (Wildman–Crippen LogP) is 2.48. The number of aryl methyl sites for hydroxylation is 2. The number of carbonyl (C=O) groups excluding carboxylic acids is 2. The van der Waals surface area contributed by atoms with E-state index in [1.165, 1.54) is 7.11 Å². The maximum absolute atomic E-state index is 12.5. The molecule has 0 saturated heterocycles. The number of para-hydroxylation sites is 1. The van der Waals surface area contributed by atoms with Gasteiger partial charge in [0.15, 0.2) is 6.61 Å². The Balaban J connectivity index is 1.98. The standard InChI is InChI=1S/C18H25NO4/c1-12-6-5-7-13(2)17(12)23-11-16(20)19(15-8-9-15)10-14(3)18(21)22-4/h5-7,14-15H,8-11H2,1-4H3. The Morgan fingerprint density at radius 3 is 2.39 bits per heavy atom. The molecule has 1 atom stereocenters. The molecular formula is C18H25NO4. The van der Waals surface area contributed by atoms with Crippen LogP contribution in [0, 0.1) is 19.8 Å². The molecule has 0 radical (unpaired) electrons. The normalized spacial score (nSPS) is 15.0. The summed E-state index contributed by atoms with van der Waals surface area (Å²) in [5, 5.41) is 0. The number of methoxy groups -OCH3 is 1. The molecule has 0 heterocycles. The van der Waals surface area contributed by atoms with Gasteiger partial charge in [-0.15, -0.1) is 0 Å². The molecule has 1 saturated carbocycles. The van der Waals surface area contributed by atoms with Crippen molar-refractivity contribution in [1.29, 1.82) is 0 Å². The van der Waals surface area contributed by atoms with Gasteiger partial charge in [0, 0.05) is 12.6 Å². The van der Waals surface area contributed by atoms with Gasteiger partial charge in [0.1, 0.15) is 5.75 Å². The molecule has 5 nitrogen and oxygen atoms in total. The molecule has 1 amide bonds. The summed E-state index contributed by atoms with van der Waals surface area (Å²) in [6.07, 6.45) is 1.98. The van der Waals surface area contributed by atoms with Gasteiger partial charge < -0.3 is 14.4 Å². The quantitative estimate of drug-likeness (QED) is 0.725. The Bertz CT molecular complexity index is 560. The van der Waals surface area contributed by atoms with Crippen molar-refractivity contribution in [2.75, 3.05) is 20.3 Å². The number of esters is 1. The van der Waals surface area contributed by atoms with Crippen LogP contribution in [0.1, 0.15) is 30.9 Å². The highest BCUT2D eigenvalue weighted by atomic mass is 16.5. The average molecular weight is 319 g/mol. The maximum Gasteiger partial charge on any atom is 0.310 e. The molecule has 0 aliphatic heterocycles. The summed E-state index contributed by atoms with van der Waals surface area (Å²) in [5.74, 6) is 0.0624. The van der Waals surface area contributed by atoms with Crippen molar-refractivity contribution in [3.8, 4) is 5.75 Å². The van der Waals surface area contributed by atoms with Crippen LogP contribution < -0.4 is 4.74 Å². The van der Waals surface area contributed by atoms with E-state index in [9.17, 15) is 9.59 Å². The van der Waals surface area contributed by atoms with Crippen molar-refractivity contribution >= 4 is 11.9 Å². The molecule has 1 aromatic carbocycles. The summed E-state index contributed by atoms with van der Waals surface area (Å²) in [4.78, 5) is 25.9. The third kappa shape index (κ3) is 4.47. The molecule has 23 heavy (non-hydrogen) atoms. The zero-order chi connectivity index (χ0) is 17.0. The molecule has 1 aliphatic carbocycles. The van der Waals surface area contributed by atoms with E-state index in [4.69, 9.17) is 9.47 Å². The highest BCUT2D eigenvalue weighted by Gasteiger charge is 2.34. The van der Waals surface area contributed by atoms with Gasteiger partial charge >= 0.3 is 5.97 Å². The first-order chi connectivity index (χ1) is 10.9. The predicted molar refractivity (Wildman–Crippen MR) is 87.3 cm³/mol. The lowest BCUT2D eigenvalue weighted by molar-refractivity contribution is -0.146. The van der Waals surface area contributed by atoms with Gasteiger partial charge in [0.25, 0.3) is 5.91 Å². The maximum atomic E-state index is 12.5. The third-order valence-electron chi connectivity index (χ3n) is 4.13. The van der Waals surface area contributed by atoms with Crippen LogP contribution in [-0.4, -0.2) is 43.1 Å². The van der Waals surface area contributed by atoms with Crippen LogP contribution in [0.25, 0.3) is 0 Å². The van der Waals surface area contributed by atoms with Crippen molar-refractivity contribution in [2.24, 2.45) is 5.92 Å². The van der Waals surface area contributed by atoms with E-state index < -0.39 is 0 Å². The lowest BCUT2D eigenvalue weighted by Gasteiger charge is -2.25. The molecule has 0 aromatic heterocycles. The van der Waals surface area contributed by atoms with Crippen LogP contribution in [-0.2, 0) is 14.3 Å². The van der Waals surface area contributed by atoms with E-state index in [0.717, 1.165) is 29.7 Å². The molecular weight excluding hydrogens is 294 g/mol. The molecule has 0 spiro atoms. The second-order valence-corrected chi connectivity index (χ2v) is 6.21. The van der Waals surface area contributed by atoms with E-state index in [1.54, 1.807) is 11.8 Å². The molecule has 1 aromatic rings. The fraction of sp³-hybridized carbons (Fsp3) is 0.556. The number of carbonyl (C=O) groups is 2. The summed E-state index contributed by atoms with van der Waals surface area (Å²) in [6.45, 7) is 6.08. The smallest absolute Gasteiger partial charge is 0.310 e.